The zero-order valence-electron chi connectivity index (χ0n) is 12.4. The van der Waals surface area contributed by atoms with Gasteiger partial charge in [-0.3, -0.25) is 4.79 Å². The van der Waals surface area contributed by atoms with E-state index in [4.69, 9.17) is 0 Å². The van der Waals surface area contributed by atoms with Crippen LogP contribution >= 0.6 is 0 Å². The van der Waals surface area contributed by atoms with Crippen molar-refractivity contribution in [3.05, 3.63) is 30.1 Å². The van der Waals surface area contributed by atoms with E-state index in [0.717, 1.165) is 25.0 Å². The van der Waals surface area contributed by atoms with Crippen molar-refractivity contribution < 1.29 is 17.6 Å². The van der Waals surface area contributed by atoms with E-state index in [2.05, 4.69) is 0 Å². The molecule has 0 spiro atoms. The van der Waals surface area contributed by atoms with Gasteiger partial charge in [-0.15, -0.1) is 0 Å². The topological polar surface area (TPSA) is 54.5 Å². The number of hydrogen-bond donors (Lipinski definition) is 0. The molecule has 1 aromatic rings. The molecule has 0 bridgehead atoms. The molecule has 6 heteroatoms. The minimum Gasteiger partial charge on any atom is -0.340 e. The summed E-state index contributed by atoms with van der Waals surface area (Å²) >= 11 is 0. The maximum absolute atomic E-state index is 12.9. The first kappa shape index (κ1) is 15.5. The summed E-state index contributed by atoms with van der Waals surface area (Å²) in [6.45, 7) is 0.510. The summed E-state index contributed by atoms with van der Waals surface area (Å²) in [6, 6.07) is 4.87. The highest BCUT2D eigenvalue weighted by Crippen LogP contribution is 2.30. The minimum absolute atomic E-state index is 0.0671. The van der Waals surface area contributed by atoms with E-state index in [-0.39, 0.29) is 23.9 Å². The third-order valence-corrected chi connectivity index (χ3v) is 6.82. The molecule has 0 unspecified atom stereocenters. The van der Waals surface area contributed by atoms with Crippen LogP contribution in [0.2, 0.25) is 0 Å². The van der Waals surface area contributed by atoms with Crippen molar-refractivity contribution in [2.24, 2.45) is 5.92 Å². The standard InChI is InChI=1S/C16H20FNO3S/c17-13-5-7-14(8-6-13)22(20,21)15-10-18(11-15)16(19)9-12-3-1-2-4-12/h5-8,12,15H,1-4,9-11H2. The van der Waals surface area contributed by atoms with Crippen LogP contribution in [-0.4, -0.2) is 37.6 Å². The fourth-order valence-corrected chi connectivity index (χ4v) is 4.90. The van der Waals surface area contributed by atoms with Crippen LogP contribution in [0.1, 0.15) is 32.1 Å². The third-order valence-electron chi connectivity index (χ3n) is 4.72. The highest BCUT2D eigenvalue weighted by atomic mass is 32.2. The van der Waals surface area contributed by atoms with Gasteiger partial charge in [0, 0.05) is 19.5 Å². The first-order valence-corrected chi connectivity index (χ1v) is 9.28. The Morgan fingerprint density at radius 2 is 1.73 bits per heavy atom. The van der Waals surface area contributed by atoms with Crippen molar-refractivity contribution in [1.29, 1.82) is 0 Å². The smallest absolute Gasteiger partial charge is 0.222 e. The Bertz CT molecular complexity index is 644. The lowest BCUT2D eigenvalue weighted by Gasteiger charge is -2.39. The second-order valence-corrected chi connectivity index (χ2v) is 8.50. The van der Waals surface area contributed by atoms with Crippen molar-refractivity contribution in [2.75, 3.05) is 13.1 Å². The first-order chi connectivity index (χ1) is 10.5. The van der Waals surface area contributed by atoms with Crippen molar-refractivity contribution in [3.63, 3.8) is 0 Å². The Hall–Kier alpha value is -1.43. The van der Waals surface area contributed by atoms with Gasteiger partial charge in [-0.25, -0.2) is 12.8 Å². The molecule has 1 aliphatic carbocycles. The third kappa shape index (κ3) is 3.02. The van der Waals surface area contributed by atoms with Crippen molar-refractivity contribution in [2.45, 2.75) is 42.2 Å². The van der Waals surface area contributed by atoms with Gasteiger partial charge in [0.25, 0.3) is 0 Å². The van der Waals surface area contributed by atoms with Gasteiger partial charge in [-0.1, -0.05) is 12.8 Å². The van der Waals surface area contributed by atoms with E-state index < -0.39 is 20.9 Å². The van der Waals surface area contributed by atoms with Gasteiger partial charge in [-0.05, 0) is 43.0 Å². The van der Waals surface area contributed by atoms with Gasteiger partial charge in [0.15, 0.2) is 9.84 Å². The molecule has 1 aromatic carbocycles. The highest BCUT2D eigenvalue weighted by Gasteiger charge is 2.40. The molecule has 120 valence electrons. The lowest BCUT2D eigenvalue weighted by atomic mass is 10.0. The van der Waals surface area contributed by atoms with Gasteiger partial charge in [0.05, 0.1) is 4.90 Å². The van der Waals surface area contributed by atoms with Crippen LogP contribution in [0.5, 0.6) is 0 Å². The lowest BCUT2D eigenvalue weighted by molar-refractivity contribution is -0.135. The minimum atomic E-state index is -3.47. The average molecular weight is 325 g/mol. The molecule has 0 N–H and O–H groups in total. The molecule has 0 aromatic heterocycles. The molecule has 1 aliphatic heterocycles. The molecule has 0 radical (unpaired) electrons. The zero-order chi connectivity index (χ0) is 15.7. The van der Waals surface area contributed by atoms with Crippen LogP contribution < -0.4 is 0 Å². The number of sulfone groups is 1. The summed E-state index contributed by atoms with van der Waals surface area (Å²) in [6.07, 6.45) is 5.15. The summed E-state index contributed by atoms with van der Waals surface area (Å²) in [4.78, 5) is 13.9. The normalized spacial score (nSPS) is 20.1. The van der Waals surface area contributed by atoms with Crippen LogP contribution in [0.4, 0.5) is 4.39 Å². The second-order valence-electron chi connectivity index (χ2n) is 6.27. The van der Waals surface area contributed by atoms with Gasteiger partial charge >= 0.3 is 0 Å². The molecule has 2 aliphatic rings. The van der Waals surface area contributed by atoms with E-state index in [0.29, 0.717) is 12.3 Å². The molecule has 1 saturated heterocycles. The predicted octanol–water partition coefficient (Wildman–Crippen LogP) is 2.39. The fourth-order valence-electron chi connectivity index (χ4n) is 3.25. The highest BCUT2D eigenvalue weighted by molar-refractivity contribution is 7.92. The molecule has 4 nitrogen and oxygen atoms in total. The molecule has 1 heterocycles. The lowest BCUT2D eigenvalue weighted by Crippen LogP contribution is -2.57. The number of hydrogen-bond acceptors (Lipinski definition) is 3. The maximum atomic E-state index is 12.9. The summed E-state index contributed by atoms with van der Waals surface area (Å²) < 4.78 is 37.6. The Balaban J connectivity index is 1.57. The van der Waals surface area contributed by atoms with Crippen LogP contribution in [0.3, 0.4) is 0 Å². The number of carbonyl (C=O) groups is 1. The quantitative estimate of drug-likeness (QED) is 0.799. The number of likely N-dealkylation sites (tertiary alicyclic amines) is 1. The molecule has 1 amide bonds. The van der Waals surface area contributed by atoms with Crippen molar-refractivity contribution in [1.82, 2.24) is 4.90 Å². The van der Waals surface area contributed by atoms with Crippen LogP contribution in [0.15, 0.2) is 29.2 Å². The van der Waals surface area contributed by atoms with E-state index in [1.54, 1.807) is 4.90 Å². The van der Waals surface area contributed by atoms with Crippen molar-refractivity contribution in [3.8, 4) is 0 Å². The average Bonchev–Trinajstić information content (AvgIpc) is 2.90. The van der Waals surface area contributed by atoms with Gasteiger partial charge in [-0.2, -0.15) is 0 Å². The Kier molecular flexibility index (Phi) is 4.21. The molecular weight excluding hydrogens is 305 g/mol. The number of rotatable bonds is 4. The Labute approximate surface area is 130 Å². The summed E-state index contributed by atoms with van der Waals surface area (Å²) in [5.41, 5.74) is 0. The summed E-state index contributed by atoms with van der Waals surface area (Å²) in [7, 11) is -3.47. The molecule has 2 fully saturated rings. The van der Waals surface area contributed by atoms with E-state index in [1.807, 2.05) is 0 Å². The van der Waals surface area contributed by atoms with Gasteiger partial charge in [0.1, 0.15) is 11.1 Å². The van der Waals surface area contributed by atoms with Crippen LogP contribution in [0.25, 0.3) is 0 Å². The number of nitrogens with zero attached hydrogens (tertiary/aromatic N) is 1. The monoisotopic (exact) mass is 325 g/mol. The van der Waals surface area contributed by atoms with Crippen molar-refractivity contribution >= 4 is 15.7 Å². The number of amides is 1. The molecule has 3 rings (SSSR count). The molecule has 1 saturated carbocycles. The number of halogens is 1. The molecule has 22 heavy (non-hydrogen) atoms. The van der Waals surface area contributed by atoms with Gasteiger partial charge in [0.2, 0.25) is 5.91 Å². The molecular formula is C16H20FNO3S. The SMILES string of the molecule is O=C(CC1CCCC1)N1CC(S(=O)(=O)c2ccc(F)cc2)C1. The summed E-state index contributed by atoms with van der Waals surface area (Å²) in [5, 5.41) is -0.564. The fraction of sp³-hybridized carbons (Fsp3) is 0.562. The van der Waals surface area contributed by atoms with Crippen LogP contribution in [-0.2, 0) is 14.6 Å². The molecule has 0 atom stereocenters. The van der Waals surface area contributed by atoms with E-state index in [1.165, 1.54) is 25.0 Å². The Morgan fingerprint density at radius 1 is 1.14 bits per heavy atom. The zero-order valence-corrected chi connectivity index (χ0v) is 13.2. The van der Waals surface area contributed by atoms with Crippen LogP contribution in [0, 0.1) is 11.7 Å². The van der Waals surface area contributed by atoms with E-state index >= 15 is 0 Å². The second kappa shape index (κ2) is 5.99. The van der Waals surface area contributed by atoms with Gasteiger partial charge < -0.3 is 4.90 Å². The largest absolute Gasteiger partial charge is 0.340 e. The maximum Gasteiger partial charge on any atom is 0.222 e. The number of carbonyl (C=O) groups excluding carboxylic acids is 1. The Morgan fingerprint density at radius 3 is 2.32 bits per heavy atom. The number of benzene rings is 1. The predicted molar refractivity (Wildman–Crippen MR) is 80.5 cm³/mol. The van der Waals surface area contributed by atoms with E-state index in [9.17, 15) is 17.6 Å². The first-order valence-electron chi connectivity index (χ1n) is 7.74. The summed E-state index contributed by atoms with van der Waals surface area (Å²) in [5.74, 6) is 0.0821.